The zero-order valence-electron chi connectivity index (χ0n) is 9.79. The van der Waals surface area contributed by atoms with E-state index in [4.69, 9.17) is 18.0 Å². The van der Waals surface area contributed by atoms with Gasteiger partial charge in [-0.15, -0.1) is 0 Å². The maximum absolute atomic E-state index is 5.67. The monoisotopic (exact) mass is 246 g/mol. The predicted molar refractivity (Wildman–Crippen MR) is 71.3 cm³/mol. The lowest BCUT2D eigenvalue weighted by Gasteiger charge is -2.06. The van der Waals surface area contributed by atoms with Gasteiger partial charge in [0.25, 0.3) is 0 Å². The number of pyridine rings is 1. The summed E-state index contributed by atoms with van der Waals surface area (Å²) in [5.41, 5.74) is 7.42. The van der Waals surface area contributed by atoms with Gasteiger partial charge in [0, 0.05) is 12.4 Å². The molecule has 0 amide bonds. The third-order valence-corrected chi connectivity index (χ3v) is 2.69. The molecule has 5 heteroatoms. The van der Waals surface area contributed by atoms with Gasteiger partial charge >= 0.3 is 0 Å². The van der Waals surface area contributed by atoms with Gasteiger partial charge in [0.2, 0.25) is 0 Å². The minimum Gasteiger partial charge on any atom is -0.389 e. The van der Waals surface area contributed by atoms with Crippen molar-refractivity contribution < 1.29 is 0 Å². The molecular formula is C12H14N4S. The molecule has 2 aromatic rings. The van der Waals surface area contributed by atoms with Crippen molar-refractivity contribution in [2.45, 2.75) is 19.8 Å². The van der Waals surface area contributed by atoms with E-state index in [2.05, 4.69) is 23.9 Å². The number of aromatic nitrogens is 3. The van der Waals surface area contributed by atoms with Gasteiger partial charge in [-0.1, -0.05) is 26.1 Å². The molecule has 0 atom stereocenters. The quantitative estimate of drug-likeness (QED) is 0.842. The van der Waals surface area contributed by atoms with E-state index in [1.807, 2.05) is 24.4 Å². The number of thiocarbonyl (C=S) groups is 1. The van der Waals surface area contributed by atoms with E-state index in [-0.39, 0.29) is 0 Å². The van der Waals surface area contributed by atoms with Crippen LogP contribution in [0.3, 0.4) is 0 Å². The first kappa shape index (κ1) is 11.7. The van der Waals surface area contributed by atoms with Crippen LogP contribution in [0, 0.1) is 0 Å². The van der Waals surface area contributed by atoms with E-state index in [1.165, 1.54) is 0 Å². The van der Waals surface area contributed by atoms with Gasteiger partial charge in [0.05, 0.1) is 11.3 Å². The molecule has 0 fully saturated rings. The van der Waals surface area contributed by atoms with Crippen LogP contribution in [0.15, 0.2) is 30.6 Å². The minimum absolute atomic E-state index is 0.328. The Bertz CT molecular complexity index is 545. The molecule has 0 aliphatic rings. The smallest absolute Gasteiger partial charge is 0.163 e. The largest absolute Gasteiger partial charge is 0.389 e. The Morgan fingerprint density at radius 1 is 1.41 bits per heavy atom. The summed E-state index contributed by atoms with van der Waals surface area (Å²) in [6.45, 7) is 4.19. The normalized spacial score (nSPS) is 10.8. The molecule has 2 rings (SSSR count). The number of nitrogens with zero attached hydrogens (tertiary/aromatic N) is 3. The van der Waals surface area contributed by atoms with Gasteiger partial charge in [-0.2, -0.15) is 5.10 Å². The SMILES string of the molecule is CC(C)c1ccn(-c2ncccc2C(N)=S)n1. The van der Waals surface area contributed by atoms with Crippen molar-refractivity contribution in [3.63, 3.8) is 0 Å². The number of hydrogen-bond donors (Lipinski definition) is 1. The van der Waals surface area contributed by atoms with E-state index in [1.54, 1.807) is 10.9 Å². The first-order valence-electron chi connectivity index (χ1n) is 5.40. The van der Waals surface area contributed by atoms with Crippen molar-refractivity contribution in [2.24, 2.45) is 5.73 Å². The van der Waals surface area contributed by atoms with Crippen LogP contribution in [0.2, 0.25) is 0 Å². The molecule has 2 heterocycles. The summed E-state index contributed by atoms with van der Waals surface area (Å²) in [6, 6.07) is 5.63. The fraction of sp³-hybridized carbons (Fsp3) is 0.250. The van der Waals surface area contributed by atoms with E-state index in [9.17, 15) is 0 Å². The summed E-state index contributed by atoms with van der Waals surface area (Å²) in [5.74, 6) is 1.06. The highest BCUT2D eigenvalue weighted by Gasteiger charge is 2.10. The van der Waals surface area contributed by atoms with E-state index >= 15 is 0 Å². The van der Waals surface area contributed by atoms with Crippen molar-refractivity contribution >= 4 is 17.2 Å². The Balaban J connectivity index is 2.49. The highest BCUT2D eigenvalue weighted by Crippen LogP contribution is 2.15. The molecule has 2 N–H and O–H groups in total. The first-order chi connectivity index (χ1) is 8.09. The molecule has 0 bridgehead atoms. The van der Waals surface area contributed by atoms with Crippen LogP contribution in [0.4, 0.5) is 0 Å². The third kappa shape index (κ3) is 2.34. The molecule has 0 saturated carbocycles. The molecule has 0 unspecified atom stereocenters. The summed E-state index contributed by atoms with van der Waals surface area (Å²) in [7, 11) is 0. The molecule has 0 spiro atoms. The lowest BCUT2D eigenvalue weighted by atomic mass is 10.1. The molecule has 88 valence electrons. The molecule has 2 aromatic heterocycles. The van der Waals surface area contributed by atoms with Gasteiger partial charge in [-0.25, -0.2) is 9.67 Å². The summed E-state index contributed by atoms with van der Waals surface area (Å²) in [5, 5.41) is 4.46. The molecule has 0 aliphatic heterocycles. The maximum atomic E-state index is 5.67. The Morgan fingerprint density at radius 3 is 2.76 bits per heavy atom. The fourth-order valence-electron chi connectivity index (χ4n) is 1.54. The highest BCUT2D eigenvalue weighted by atomic mass is 32.1. The van der Waals surface area contributed by atoms with Gasteiger partial charge in [-0.05, 0) is 24.1 Å². The summed E-state index contributed by atoms with van der Waals surface area (Å²) < 4.78 is 1.71. The standard InChI is InChI=1S/C12H14N4S/c1-8(2)10-5-7-16(15-10)12-9(11(13)17)4-3-6-14-12/h3-8H,1-2H3,(H2,13,17). The van der Waals surface area contributed by atoms with E-state index < -0.39 is 0 Å². The fourth-order valence-corrected chi connectivity index (χ4v) is 1.70. The molecule has 17 heavy (non-hydrogen) atoms. The van der Waals surface area contributed by atoms with Crippen LogP contribution in [0.5, 0.6) is 0 Å². The van der Waals surface area contributed by atoms with E-state index in [0.29, 0.717) is 16.7 Å². The Labute approximate surface area is 105 Å². The van der Waals surface area contributed by atoms with E-state index in [0.717, 1.165) is 11.3 Å². The Hall–Kier alpha value is -1.75. The van der Waals surface area contributed by atoms with Crippen LogP contribution < -0.4 is 5.73 Å². The number of nitrogens with two attached hydrogens (primary N) is 1. The molecule has 0 aliphatic carbocycles. The van der Waals surface area contributed by atoms with Crippen LogP contribution in [-0.2, 0) is 0 Å². The maximum Gasteiger partial charge on any atom is 0.163 e. The molecule has 4 nitrogen and oxygen atoms in total. The average molecular weight is 246 g/mol. The second-order valence-electron chi connectivity index (χ2n) is 4.08. The van der Waals surface area contributed by atoms with Crippen molar-refractivity contribution in [2.75, 3.05) is 0 Å². The minimum atomic E-state index is 0.328. The third-order valence-electron chi connectivity index (χ3n) is 2.47. The van der Waals surface area contributed by atoms with Gasteiger partial charge in [-0.3, -0.25) is 0 Å². The molecule has 0 aromatic carbocycles. The van der Waals surface area contributed by atoms with Gasteiger partial charge in [0.15, 0.2) is 5.82 Å². The average Bonchev–Trinajstić information content (AvgIpc) is 2.78. The van der Waals surface area contributed by atoms with Crippen LogP contribution in [0.1, 0.15) is 31.0 Å². The summed E-state index contributed by atoms with van der Waals surface area (Å²) in [6.07, 6.45) is 3.58. The summed E-state index contributed by atoms with van der Waals surface area (Å²) in [4.78, 5) is 4.60. The van der Waals surface area contributed by atoms with Crippen LogP contribution >= 0.6 is 12.2 Å². The lowest BCUT2D eigenvalue weighted by Crippen LogP contribution is -2.15. The lowest BCUT2D eigenvalue weighted by molar-refractivity contribution is 0.757. The number of hydrogen-bond acceptors (Lipinski definition) is 3. The van der Waals surface area contributed by atoms with Gasteiger partial charge in [0.1, 0.15) is 4.99 Å². The summed E-state index contributed by atoms with van der Waals surface area (Å²) >= 11 is 5.00. The first-order valence-corrected chi connectivity index (χ1v) is 5.81. The molecular weight excluding hydrogens is 232 g/mol. The van der Waals surface area contributed by atoms with Crippen molar-refractivity contribution in [1.29, 1.82) is 0 Å². The van der Waals surface area contributed by atoms with Crippen molar-refractivity contribution in [3.05, 3.63) is 41.9 Å². The van der Waals surface area contributed by atoms with Crippen LogP contribution in [0.25, 0.3) is 5.82 Å². The van der Waals surface area contributed by atoms with Crippen LogP contribution in [-0.4, -0.2) is 19.8 Å². The number of rotatable bonds is 3. The topological polar surface area (TPSA) is 56.7 Å². The molecule has 0 saturated heterocycles. The zero-order chi connectivity index (χ0) is 12.4. The predicted octanol–water partition coefficient (Wildman–Crippen LogP) is 2.02. The second-order valence-corrected chi connectivity index (χ2v) is 4.52. The Kier molecular flexibility index (Phi) is 3.19. The zero-order valence-corrected chi connectivity index (χ0v) is 10.6. The van der Waals surface area contributed by atoms with Gasteiger partial charge < -0.3 is 5.73 Å². The highest BCUT2D eigenvalue weighted by molar-refractivity contribution is 7.80. The Morgan fingerprint density at radius 2 is 2.18 bits per heavy atom. The second kappa shape index (κ2) is 4.63. The van der Waals surface area contributed by atoms with Crippen molar-refractivity contribution in [3.8, 4) is 5.82 Å². The molecule has 0 radical (unpaired) electrons. The van der Waals surface area contributed by atoms with Crippen molar-refractivity contribution in [1.82, 2.24) is 14.8 Å².